The van der Waals surface area contributed by atoms with Crippen LogP contribution in [-0.4, -0.2) is 51.8 Å². The highest BCUT2D eigenvalue weighted by atomic mass is 16.5. The van der Waals surface area contributed by atoms with Crippen LogP contribution in [0.1, 0.15) is 39.5 Å². The second-order valence-electron chi connectivity index (χ2n) is 6.27. The van der Waals surface area contributed by atoms with Gasteiger partial charge in [0.2, 0.25) is 0 Å². The van der Waals surface area contributed by atoms with E-state index in [1.807, 2.05) is 7.11 Å². The first-order chi connectivity index (χ1) is 8.63. The Morgan fingerprint density at radius 2 is 2.00 bits per heavy atom. The van der Waals surface area contributed by atoms with E-state index in [4.69, 9.17) is 4.74 Å². The maximum atomic E-state index is 5.27. The number of hydrogen-bond acceptors (Lipinski definition) is 3. The molecule has 1 unspecified atom stereocenters. The van der Waals surface area contributed by atoms with E-state index in [9.17, 15) is 0 Å². The number of hydrogen-bond donors (Lipinski definition) is 1. The number of ether oxygens (including phenoxy) is 1. The molecule has 3 nitrogen and oxygen atoms in total. The summed E-state index contributed by atoms with van der Waals surface area (Å²) in [5, 5.41) is 3.37. The molecule has 0 aromatic heterocycles. The lowest BCUT2D eigenvalue weighted by atomic mass is 9.84. The maximum Gasteiger partial charge on any atom is 0.0491 e. The van der Waals surface area contributed by atoms with Gasteiger partial charge in [0.05, 0.1) is 0 Å². The number of likely N-dealkylation sites (tertiary alicyclic amines) is 1. The topological polar surface area (TPSA) is 24.5 Å². The van der Waals surface area contributed by atoms with Gasteiger partial charge < -0.3 is 15.0 Å². The summed E-state index contributed by atoms with van der Waals surface area (Å²) in [5.41, 5.74) is 0.428. The lowest BCUT2D eigenvalue weighted by Crippen LogP contribution is -2.45. The molecule has 0 amide bonds. The molecule has 0 aromatic rings. The largest absolute Gasteiger partial charge is 0.384 e. The average molecular weight is 256 g/mol. The third-order valence-corrected chi connectivity index (χ3v) is 4.17. The summed E-state index contributed by atoms with van der Waals surface area (Å²) in [6.45, 7) is 10.5. The zero-order valence-electron chi connectivity index (χ0n) is 12.8. The monoisotopic (exact) mass is 256 g/mol. The number of methoxy groups -OCH3 is 1. The van der Waals surface area contributed by atoms with Gasteiger partial charge in [0.25, 0.3) is 0 Å². The molecule has 18 heavy (non-hydrogen) atoms. The van der Waals surface area contributed by atoms with Gasteiger partial charge in [0.15, 0.2) is 0 Å². The molecule has 0 aromatic carbocycles. The molecule has 0 radical (unpaired) electrons. The maximum absolute atomic E-state index is 5.27. The lowest BCUT2D eigenvalue weighted by molar-refractivity contribution is 0.0748. The van der Waals surface area contributed by atoms with E-state index in [2.05, 4.69) is 31.1 Å². The molecule has 1 N–H and O–H groups in total. The molecule has 1 heterocycles. The van der Waals surface area contributed by atoms with Crippen LogP contribution in [0.2, 0.25) is 0 Å². The van der Waals surface area contributed by atoms with Gasteiger partial charge in [-0.05, 0) is 50.7 Å². The van der Waals surface area contributed by atoms with Crippen molar-refractivity contribution in [3.8, 4) is 0 Å². The first-order valence-electron chi connectivity index (χ1n) is 7.49. The van der Waals surface area contributed by atoms with E-state index in [0.29, 0.717) is 5.41 Å². The van der Waals surface area contributed by atoms with E-state index in [1.54, 1.807) is 0 Å². The average Bonchev–Trinajstić information content (AvgIpc) is 2.32. The Morgan fingerprint density at radius 1 is 1.33 bits per heavy atom. The van der Waals surface area contributed by atoms with Gasteiger partial charge in [0.1, 0.15) is 0 Å². The minimum absolute atomic E-state index is 0.428. The summed E-state index contributed by atoms with van der Waals surface area (Å²) < 4.78 is 5.27. The van der Waals surface area contributed by atoms with Gasteiger partial charge >= 0.3 is 0 Å². The lowest BCUT2D eigenvalue weighted by Gasteiger charge is -2.39. The Balaban J connectivity index is 2.37. The van der Waals surface area contributed by atoms with E-state index >= 15 is 0 Å². The number of rotatable bonds is 8. The Bertz CT molecular complexity index is 207. The van der Waals surface area contributed by atoms with Crippen LogP contribution in [0.4, 0.5) is 0 Å². The van der Waals surface area contributed by atoms with E-state index < -0.39 is 0 Å². The van der Waals surface area contributed by atoms with Crippen LogP contribution in [-0.2, 0) is 4.74 Å². The predicted molar refractivity (Wildman–Crippen MR) is 78.0 cm³/mol. The van der Waals surface area contributed by atoms with Crippen LogP contribution >= 0.6 is 0 Å². The number of piperidine rings is 1. The van der Waals surface area contributed by atoms with Crippen LogP contribution in [0.3, 0.4) is 0 Å². The normalized spacial score (nSPS) is 22.0. The molecular formula is C15H32N2O. The minimum Gasteiger partial charge on any atom is -0.384 e. The Labute approximate surface area is 113 Å². The van der Waals surface area contributed by atoms with E-state index in [0.717, 1.165) is 19.1 Å². The first-order valence-corrected chi connectivity index (χ1v) is 7.49. The molecule has 0 saturated carbocycles. The number of nitrogens with zero attached hydrogens (tertiary/aromatic N) is 1. The predicted octanol–water partition coefficient (Wildman–Crippen LogP) is 2.37. The molecule has 1 fully saturated rings. The summed E-state index contributed by atoms with van der Waals surface area (Å²) >= 11 is 0. The van der Waals surface area contributed by atoms with Gasteiger partial charge in [-0.15, -0.1) is 0 Å². The molecule has 1 atom stereocenters. The molecule has 0 bridgehead atoms. The fraction of sp³-hybridized carbons (Fsp3) is 1.00. The van der Waals surface area contributed by atoms with Crippen LogP contribution in [0.15, 0.2) is 0 Å². The summed E-state index contributed by atoms with van der Waals surface area (Å²) in [6.07, 6.45) is 5.19. The highest BCUT2D eigenvalue weighted by Crippen LogP contribution is 2.26. The van der Waals surface area contributed by atoms with Crippen molar-refractivity contribution in [1.29, 1.82) is 0 Å². The molecule has 1 rings (SSSR count). The van der Waals surface area contributed by atoms with Crippen molar-refractivity contribution < 1.29 is 4.74 Å². The molecule has 0 spiro atoms. The minimum atomic E-state index is 0.428. The third-order valence-electron chi connectivity index (χ3n) is 4.17. The Kier molecular flexibility index (Phi) is 7.20. The molecule has 3 heteroatoms. The van der Waals surface area contributed by atoms with Gasteiger partial charge in [-0.1, -0.05) is 20.3 Å². The smallest absolute Gasteiger partial charge is 0.0491 e. The third kappa shape index (κ3) is 5.25. The SMILES string of the molecule is CCCC(C)(CNC)CN1CCC(COC)CC1. The fourth-order valence-corrected chi connectivity index (χ4v) is 3.34. The zero-order chi connectivity index (χ0) is 13.4. The van der Waals surface area contributed by atoms with Crippen molar-refractivity contribution in [2.75, 3.05) is 46.9 Å². The standard InChI is InChI=1S/C15H32N2O/c1-5-8-15(2,12-16-3)13-17-9-6-14(7-10-17)11-18-4/h14,16H,5-13H2,1-4H3. The van der Waals surface area contributed by atoms with Crippen LogP contribution in [0, 0.1) is 11.3 Å². The molecule has 0 aliphatic carbocycles. The van der Waals surface area contributed by atoms with E-state index in [1.165, 1.54) is 45.3 Å². The summed E-state index contributed by atoms with van der Waals surface area (Å²) in [7, 11) is 3.89. The van der Waals surface area contributed by atoms with Crippen molar-refractivity contribution in [2.45, 2.75) is 39.5 Å². The van der Waals surface area contributed by atoms with Gasteiger partial charge in [-0.25, -0.2) is 0 Å². The van der Waals surface area contributed by atoms with Crippen molar-refractivity contribution in [2.24, 2.45) is 11.3 Å². The van der Waals surface area contributed by atoms with E-state index in [-0.39, 0.29) is 0 Å². The summed E-state index contributed by atoms with van der Waals surface area (Å²) in [4.78, 5) is 2.65. The van der Waals surface area contributed by atoms with Crippen molar-refractivity contribution in [3.63, 3.8) is 0 Å². The highest BCUT2D eigenvalue weighted by Gasteiger charge is 2.28. The molecule has 1 saturated heterocycles. The Morgan fingerprint density at radius 3 is 2.50 bits per heavy atom. The van der Waals surface area contributed by atoms with Crippen LogP contribution in [0.25, 0.3) is 0 Å². The Hall–Kier alpha value is -0.120. The molecule has 1 aliphatic rings. The molecule has 108 valence electrons. The highest BCUT2D eigenvalue weighted by molar-refractivity contribution is 4.82. The first kappa shape index (κ1) is 15.9. The van der Waals surface area contributed by atoms with Crippen molar-refractivity contribution >= 4 is 0 Å². The van der Waals surface area contributed by atoms with Crippen LogP contribution in [0.5, 0.6) is 0 Å². The van der Waals surface area contributed by atoms with Crippen molar-refractivity contribution in [1.82, 2.24) is 10.2 Å². The van der Waals surface area contributed by atoms with Crippen molar-refractivity contribution in [3.05, 3.63) is 0 Å². The molecular weight excluding hydrogens is 224 g/mol. The van der Waals surface area contributed by atoms with Gasteiger partial charge in [-0.2, -0.15) is 0 Å². The second-order valence-corrected chi connectivity index (χ2v) is 6.27. The van der Waals surface area contributed by atoms with Gasteiger partial charge in [0, 0.05) is 26.8 Å². The second kappa shape index (κ2) is 8.13. The summed E-state index contributed by atoms with van der Waals surface area (Å²) in [5.74, 6) is 0.785. The van der Waals surface area contributed by atoms with Gasteiger partial charge in [-0.3, -0.25) is 0 Å². The fourth-order valence-electron chi connectivity index (χ4n) is 3.34. The van der Waals surface area contributed by atoms with Crippen LogP contribution < -0.4 is 5.32 Å². The zero-order valence-corrected chi connectivity index (χ0v) is 12.8. The summed E-state index contributed by atoms with van der Waals surface area (Å²) in [6, 6.07) is 0. The quantitative estimate of drug-likeness (QED) is 0.721. The molecule has 1 aliphatic heterocycles. The number of nitrogens with one attached hydrogen (secondary N) is 1.